The van der Waals surface area contributed by atoms with Gasteiger partial charge in [0.05, 0.1) is 5.56 Å². The molecule has 0 unspecified atom stereocenters. The number of benzene rings is 1. The number of ether oxygens (including phenoxy) is 1. The minimum absolute atomic E-state index is 0.00964. The number of anilines is 1. The molecule has 1 aromatic carbocycles. The van der Waals surface area contributed by atoms with Gasteiger partial charge in [0.1, 0.15) is 0 Å². The molecule has 0 saturated carbocycles. The molecule has 7 heteroatoms. The second-order valence-corrected chi connectivity index (χ2v) is 4.71. The molecule has 21 heavy (non-hydrogen) atoms. The zero-order chi connectivity index (χ0) is 14.8. The van der Waals surface area contributed by atoms with Crippen LogP contribution < -0.4 is 5.32 Å². The minimum Gasteiger partial charge on any atom is -0.452 e. The van der Waals surface area contributed by atoms with Crippen LogP contribution in [0.15, 0.2) is 22.6 Å². The SMILES string of the molecule is Cc1nnc(COC(=O)c2ccc3c(c2)CCC(=O)N3)o1. The largest absolute Gasteiger partial charge is 0.452 e. The summed E-state index contributed by atoms with van der Waals surface area (Å²) >= 11 is 0. The molecule has 7 nitrogen and oxygen atoms in total. The standard InChI is InChI=1S/C14H13N3O4/c1-8-16-17-13(21-8)7-20-14(19)10-2-4-11-9(6-10)3-5-12(18)15-11/h2,4,6H,3,5,7H2,1H3,(H,15,18). The first-order valence-corrected chi connectivity index (χ1v) is 6.51. The minimum atomic E-state index is -0.467. The summed E-state index contributed by atoms with van der Waals surface area (Å²) in [5, 5.41) is 10.2. The molecular weight excluding hydrogens is 274 g/mol. The zero-order valence-corrected chi connectivity index (χ0v) is 11.4. The van der Waals surface area contributed by atoms with Crippen molar-refractivity contribution >= 4 is 17.6 Å². The lowest BCUT2D eigenvalue weighted by molar-refractivity contribution is -0.116. The van der Waals surface area contributed by atoms with Crippen LogP contribution in [-0.2, 0) is 22.6 Å². The molecule has 2 heterocycles. The van der Waals surface area contributed by atoms with Crippen LogP contribution in [0.4, 0.5) is 5.69 Å². The molecule has 3 rings (SSSR count). The Bertz CT molecular complexity index is 708. The average Bonchev–Trinajstić information content (AvgIpc) is 2.90. The molecule has 108 valence electrons. The first kappa shape index (κ1) is 13.3. The van der Waals surface area contributed by atoms with Gasteiger partial charge in [0.15, 0.2) is 6.61 Å². The fourth-order valence-electron chi connectivity index (χ4n) is 2.12. The Morgan fingerprint density at radius 3 is 3.00 bits per heavy atom. The van der Waals surface area contributed by atoms with E-state index in [0.29, 0.717) is 24.3 Å². The van der Waals surface area contributed by atoms with E-state index in [4.69, 9.17) is 9.15 Å². The van der Waals surface area contributed by atoms with Crippen LogP contribution in [0.25, 0.3) is 0 Å². The van der Waals surface area contributed by atoms with Gasteiger partial charge in [0.25, 0.3) is 5.89 Å². The number of esters is 1. The van der Waals surface area contributed by atoms with Crippen LogP contribution in [0.5, 0.6) is 0 Å². The van der Waals surface area contributed by atoms with E-state index in [-0.39, 0.29) is 18.4 Å². The van der Waals surface area contributed by atoms with Crippen molar-refractivity contribution in [1.82, 2.24) is 10.2 Å². The number of aryl methyl sites for hydroxylation is 2. The number of rotatable bonds is 3. The van der Waals surface area contributed by atoms with Crippen molar-refractivity contribution in [3.63, 3.8) is 0 Å². The van der Waals surface area contributed by atoms with Crippen molar-refractivity contribution in [3.8, 4) is 0 Å². The fraction of sp³-hybridized carbons (Fsp3) is 0.286. The van der Waals surface area contributed by atoms with Gasteiger partial charge >= 0.3 is 5.97 Å². The summed E-state index contributed by atoms with van der Waals surface area (Å²) in [7, 11) is 0. The van der Waals surface area contributed by atoms with Gasteiger partial charge in [-0.25, -0.2) is 4.79 Å². The van der Waals surface area contributed by atoms with E-state index in [1.54, 1.807) is 25.1 Å². The quantitative estimate of drug-likeness (QED) is 0.862. The molecule has 0 atom stereocenters. The van der Waals surface area contributed by atoms with E-state index in [0.717, 1.165) is 11.3 Å². The monoisotopic (exact) mass is 287 g/mol. The summed E-state index contributed by atoms with van der Waals surface area (Å²) in [4.78, 5) is 23.3. The van der Waals surface area contributed by atoms with Crippen LogP contribution >= 0.6 is 0 Å². The number of fused-ring (bicyclic) bond motifs is 1. The third-order valence-electron chi connectivity index (χ3n) is 3.13. The number of carbonyl (C=O) groups excluding carboxylic acids is 2. The number of carbonyl (C=O) groups is 2. The number of hydrogen-bond acceptors (Lipinski definition) is 6. The molecule has 0 aliphatic carbocycles. The maximum absolute atomic E-state index is 12.0. The highest BCUT2D eigenvalue weighted by atomic mass is 16.5. The molecule has 1 aromatic heterocycles. The molecule has 2 aromatic rings. The van der Waals surface area contributed by atoms with E-state index in [9.17, 15) is 9.59 Å². The Kier molecular flexibility index (Phi) is 3.39. The van der Waals surface area contributed by atoms with E-state index >= 15 is 0 Å². The van der Waals surface area contributed by atoms with Gasteiger partial charge in [0, 0.05) is 19.0 Å². The van der Waals surface area contributed by atoms with E-state index in [2.05, 4.69) is 15.5 Å². The third kappa shape index (κ3) is 2.91. The highest BCUT2D eigenvalue weighted by Gasteiger charge is 2.17. The van der Waals surface area contributed by atoms with Crippen LogP contribution in [-0.4, -0.2) is 22.1 Å². The Balaban J connectivity index is 1.69. The second-order valence-electron chi connectivity index (χ2n) is 4.71. The first-order chi connectivity index (χ1) is 10.1. The lowest BCUT2D eigenvalue weighted by Crippen LogP contribution is -2.19. The van der Waals surface area contributed by atoms with Gasteiger partial charge in [-0.3, -0.25) is 4.79 Å². The van der Waals surface area contributed by atoms with Gasteiger partial charge in [-0.15, -0.1) is 10.2 Å². The molecule has 0 saturated heterocycles. The second kappa shape index (κ2) is 5.35. The third-order valence-corrected chi connectivity index (χ3v) is 3.13. The van der Waals surface area contributed by atoms with Gasteiger partial charge < -0.3 is 14.5 Å². The van der Waals surface area contributed by atoms with Crippen molar-refractivity contribution in [3.05, 3.63) is 41.1 Å². The Hall–Kier alpha value is -2.70. The Morgan fingerprint density at radius 1 is 1.38 bits per heavy atom. The first-order valence-electron chi connectivity index (χ1n) is 6.51. The predicted molar refractivity (Wildman–Crippen MR) is 71.5 cm³/mol. The van der Waals surface area contributed by atoms with Crippen LogP contribution in [0.1, 0.15) is 34.1 Å². The van der Waals surface area contributed by atoms with E-state index in [1.807, 2.05) is 0 Å². The van der Waals surface area contributed by atoms with Gasteiger partial charge in [-0.2, -0.15) is 0 Å². The van der Waals surface area contributed by atoms with Crippen LogP contribution in [0.2, 0.25) is 0 Å². The van der Waals surface area contributed by atoms with Crippen LogP contribution in [0, 0.1) is 6.92 Å². The van der Waals surface area contributed by atoms with Gasteiger partial charge in [-0.1, -0.05) is 0 Å². The molecule has 0 radical (unpaired) electrons. The summed E-state index contributed by atoms with van der Waals surface area (Å²) in [5.74, 6) is 0.201. The summed E-state index contributed by atoms with van der Waals surface area (Å²) in [6.45, 7) is 1.60. The van der Waals surface area contributed by atoms with Crippen molar-refractivity contribution in [2.75, 3.05) is 5.32 Å². The molecule has 1 amide bonds. The number of nitrogens with one attached hydrogen (secondary N) is 1. The normalized spacial score (nSPS) is 13.5. The van der Waals surface area contributed by atoms with Crippen molar-refractivity contribution in [2.45, 2.75) is 26.4 Å². The molecule has 0 fully saturated rings. The lowest BCUT2D eigenvalue weighted by atomic mass is 10.0. The summed E-state index contributed by atoms with van der Waals surface area (Å²) in [6.07, 6.45) is 1.04. The molecular formula is C14H13N3O4. The predicted octanol–water partition coefficient (Wildman–Crippen LogP) is 1.62. The van der Waals surface area contributed by atoms with E-state index in [1.165, 1.54) is 0 Å². The molecule has 1 aliphatic heterocycles. The number of hydrogen-bond donors (Lipinski definition) is 1. The number of nitrogens with zero attached hydrogens (tertiary/aromatic N) is 2. The highest BCUT2D eigenvalue weighted by Crippen LogP contribution is 2.24. The summed E-state index contributed by atoms with van der Waals surface area (Å²) < 4.78 is 10.2. The maximum Gasteiger partial charge on any atom is 0.338 e. The molecule has 0 bridgehead atoms. The molecule has 1 N–H and O–H groups in total. The Labute approximate surface area is 120 Å². The van der Waals surface area contributed by atoms with Crippen molar-refractivity contribution in [1.29, 1.82) is 0 Å². The topological polar surface area (TPSA) is 94.3 Å². The summed E-state index contributed by atoms with van der Waals surface area (Å²) in [5.41, 5.74) is 2.11. The fourth-order valence-corrected chi connectivity index (χ4v) is 2.12. The summed E-state index contributed by atoms with van der Waals surface area (Å²) in [6, 6.07) is 5.06. The maximum atomic E-state index is 12.0. The van der Waals surface area contributed by atoms with Crippen molar-refractivity contribution < 1.29 is 18.7 Å². The number of aromatic nitrogens is 2. The lowest BCUT2D eigenvalue weighted by Gasteiger charge is -2.17. The molecule has 0 spiro atoms. The highest BCUT2D eigenvalue weighted by molar-refractivity contribution is 5.96. The zero-order valence-electron chi connectivity index (χ0n) is 11.4. The van der Waals surface area contributed by atoms with Gasteiger partial charge in [-0.05, 0) is 30.2 Å². The van der Waals surface area contributed by atoms with Crippen LogP contribution in [0.3, 0.4) is 0 Å². The molecule has 1 aliphatic rings. The average molecular weight is 287 g/mol. The van der Waals surface area contributed by atoms with Crippen molar-refractivity contribution in [2.24, 2.45) is 0 Å². The van der Waals surface area contributed by atoms with E-state index < -0.39 is 5.97 Å². The van der Waals surface area contributed by atoms with Gasteiger partial charge in [0.2, 0.25) is 11.8 Å². The smallest absolute Gasteiger partial charge is 0.338 e. The Morgan fingerprint density at radius 2 is 2.24 bits per heavy atom. The number of amides is 1.